The molecule has 0 aromatic rings. The molecule has 1 aliphatic rings. The normalized spacial score (nSPS) is 22.6. The average Bonchev–Trinajstić information content (AvgIpc) is 2.18. The minimum absolute atomic E-state index is 0.00144. The quantitative estimate of drug-likeness (QED) is 0.681. The van der Waals surface area contributed by atoms with Gasteiger partial charge in [0.2, 0.25) is 0 Å². The van der Waals surface area contributed by atoms with Crippen LogP contribution in [0.4, 0.5) is 0 Å². The smallest absolute Gasteiger partial charge is 0.0815 e. The fourth-order valence-corrected chi connectivity index (χ4v) is 1.50. The Balaban J connectivity index is 2.19. The van der Waals surface area contributed by atoms with E-state index in [9.17, 15) is 5.11 Å². The van der Waals surface area contributed by atoms with Crippen molar-refractivity contribution in [2.45, 2.75) is 25.4 Å². The Morgan fingerprint density at radius 1 is 1.57 bits per heavy atom. The van der Waals surface area contributed by atoms with Crippen molar-refractivity contribution in [1.82, 2.24) is 5.32 Å². The number of hydrogen-bond donors (Lipinski definition) is 2. The molecule has 1 unspecified atom stereocenters. The van der Waals surface area contributed by atoms with Crippen LogP contribution in [-0.2, 0) is 4.74 Å². The summed E-state index contributed by atoms with van der Waals surface area (Å²) in [5.41, 5.74) is -0.632. The van der Waals surface area contributed by atoms with Crippen LogP contribution in [0.1, 0.15) is 19.8 Å². The van der Waals surface area contributed by atoms with Crippen LogP contribution in [0.3, 0.4) is 0 Å². The second-order valence-corrected chi connectivity index (χ2v) is 4.00. The van der Waals surface area contributed by atoms with Crippen LogP contribution in [0.15, 0.2) is 0 Å². The Hall–Kier alpha value is -0.630. The zero-order chi connectivity index (χ0) is 10.4. The molecule has 0 aliphatic carbocycles. The third-order valence-electron chi connectivity index (χ3n) is 2.55. The van der Waals surface area contributed by atoms with Gasteiger partial charge in [0.25, 0.3) is 0 Å². The van der Waals surface area contributed by atoms with E-state index in [1.807, 2.05) is 6.92 Å². The molecule has 0 bridgehead atoms. The molecule has 1 atom stereocenters. The van der Waals surface area contributed by atoms with Gasteiger partial charge in [0.05, 0.1) is 17.6 Å². The molecule has 4 nitrogen and oxygen atoms in total. The maximum Gasteiger partial charge on any atom is 0.0815 e. The zero-order valence-electron chi connectivity index (χ0n) is 8.62. The highest BCUT2D eigenvalue weighted by Gasteiger charge is 2.29. The molecular weight excluding hydrogens is 180 g/mol. The van der Waals surface area contributed by atoms with Crippen molar-refractivity contribution in [2.75, 3.05) is 26.3 Å². The first-order chi connectivity index (χ1) is 6.66. The molecule has 1 rings (SSSR count). The van der Waals surface area contributed by atoms with E-state index in [1.165, 1.54) is 0 Å². The number of nitrogens with one attached hydrogen (secondary N) is 1. The number of nitrogens with zero attached hydrogens (tertiary/aromatic N) is 1. The Kier molecular flexibility index (Phi) is 4.33. The van der Waals surface area contributed by atoms with Crippen molar-refractivity contribution in [1.29, 1.82) is 5.26 Å². The maximum absolute atomic E-state index is 10.0. The van der Waals surface area contributed by atoms with Gasteiger partial charge in [-0.25, -0.2) is 0 Å². The number of aliphatic hydroxyl groups is 1. The molecule has 1 aliphatic heterocycles. The molecule has 4 heteroatoms. The Labute approximate surface area is 84.9 Å². The fourth-order valence-electron chi connectivity index (χ4n) is 1.50. The molecule has 14 heavy (non-hydrogen) atoms. The summed E-state index contributed by atoms with van der Waals surface area (Å²) in [5, 5.41) is 21.7. The van der Waals surface area contributed by atoms with Crippen molar-refractivity contribution >= 4 is 0 Å². The summed E-state index contributed by atoms with van der Waals surface area (Å²) in [5.74, 6) is -0.00144. The topological polar surface area (TPSA) is 65.3 Å². The van der Waals surface area contributed by atoms with E-state index >= 15 is 0 Å². The number of nitriles is 1. The molecular formula is C10H18N2O2. The highest BCUT2D eigenvalue weighted by atomic mass is 16.5. The van der Waals surface area contributed by atoms with Gasteiger partial charge >= 0.3 is 0 Å². The highest BCUT2D eigenvalue weighted by molar-refractivity contribution is 4.86. The Bertz CT molecular complexity index is 207. The van der Waals surface area contributed by atoms with Crippen molar-refractivity contribution in [3.63, 3.8) is 0 Å². The van der Waals surface area contributed by atoms with Crippen LogP contribution < -0.4 is 5.32 Å². The number of rotatable bonds is 4. The molecule has 1 saturated heterocycles. The van der Waals surface area contributed by atoms with Gasteiger partial charge in [-0.15, -0.1) is 0 Å². The lowest BCUT2D eigenvalue weighted by Gasteiger charge is -2.32. The standard InChI is InChI=1S/C10H18N2O2/c1-9(6-11)7-12-8-10(13)2-4-14-5-3-10/h9,12-13H,2-5,7-8H2,1H3. The van der Waals surface area contributed by atoms with Crippen LogP contribution in [0.2, 0.25) is 0 Å². The lowest BCUT2D eigenvalue weighted by molar-refractivity contribution is -0.0616. The minimum atomic E-state index is -0.632. The fraction of sp³-hybridized carbons (Fsp3) is 0.900. The van der Waals surface area contributed by atoms with Crippen molar-refractivity contribution in [3.8, 4) is 6.07 Å². The second kappa shape index (κ2) is 5.30. The van der Waals surface area contributed by atoms with E-state index < -0.39 is 5.60 Å². The predicted octanol–water partition coefficient (Wildman–Crippen LogP) is 0.277. The zero-order valence-corrected chi connectivity index (χ0v) is 8.62. The summed E-state index contributed by atoms with van der Waals surface area (Å²) in [6.07, 6.45) is 1.36. The van der Waals surface area contributed by atoms with Crippen LogP contribution in [0.25, 0.3) is 0 Å². The van der Waals surface area contributed by atoms with Crippen LogP contribution in [0.5, 0.6) is 0 Å². The van der Waals surface area contributed by atoms with Crippen LogP contribution >= 0.6 is 0 Å². The van der Waals surface area contributed by atoms with E-state index in [4.69, 9.17) is 10.00 Å². The third kappa shape index (κ3) is 3.62. The summed E-state index contributed by atoms with van der Waals surface area (Å²) in [6.45, 7) is 4.32. The third-order valence-corrected chi connectivity index (χ3v) is 2.55. The van der Waals surface area contributed by atoms with Gasteiger partial charge in [0.15, 0.2) is 0 Å². The van der Waals surface area contributed by atoms with Gasteiger partial charge in [-0.3, -0.25) is 0 Å². The maximum atomic E-state index is 10.0. The predicted molar refractivity (Wildman–Crippen MR) is 52.6 cm³/mol. The van der Waals surface area contributed by atoms with E-state index in [0.29, 0.717) is 39.1 Å². The lowest BCUT2D eigenvalue weighted by Crippen LogP contribution is -2.45. The molecule has 0 saturated carbocycles. The first kappa shape index (κ1) is 11.4. The molecule has 2 N–H and O–H groups in total. The molecule has 0 radical (unpaired) electrons. The van der Waals surface area contributed by atoms with Crippen molar-refractivity contribution in [2.24, 2.45) is 5.92 Å². The van der Waals surface area contributed by atoms with Gasteiger partial charge in [-0.1, -0.05) is 0 Å². The average molecular weight is 198 g/mol. The Morgan fingerprint density at radius 2 is 2.21 bits per heavy atom. The van der Waals surface area contributed by atoms with Crippen molar-refractivity contribution in [3.05, 3.63) is 0 Å². The summed E-state index contributed by atoms with van der Waals surface area (Å²) in [4.78, 5) is 0. The molecule has 80 valence electrons. The number of ether oxygens (including phenoxy) is 1. The first-order valence-corrected chi connectivity index (χ1v) is 5.07. The molecule has 1 fully saturated rings. The van der Waals surface area contributed by atoms with E-state index in [1.54, 1.807) is 0 Å². The highest BCUT2D eigenvalue weighted by Crippen LogP contribution is 2.19. The summed E-state index contributed by atoms with van der Waals surface area (Å²) in [7, 11) is 0. The molecule has 0 amide bonds. The van der Waals surface area contributed by atoms with Gasteiger partial charge < -0.3 is 15.2 Å². The first-order valence-electron chi connectivity index (χ1n) is 5.07. The SMILES string of the molecule is CC(C#N)CNCC1(O)CCOCC1. The van der Waals surface area contributed by atoms with Gasteiger partial charge in [0, 0.05) is 39.1 Å². The summed E-state index contributed by atoms with van der Waals surface area (Å²) in [6, 6.07) is 2.15. The van der Waals surface area contributed by atoms with E-state index in [-0.39, 0.29) is 5.92 Å². The Morgan fingerprint density at radius 3 is 2.79 bits per heavy atom. The molecule has 0 aromatic carbocycles. The largest absolute Gasteiger partial charge is 0.388 e. The summed E-state index contributed by atoms with van der Waals surface area (Å²) < 4.78 is 5.17. The van der Waals surface area contributed by atoms with Crippen LogP contribution in [0, 0.1) is 17.2 Å². The second-order valence-electron chi connectivity index (χ2n) is 4.00. The van der Waals surface area contributed by atoms with Crippen LogP contribution in [-0.4, -0.2) is 37.0 Å². The summed E-state index contributed by atoms with van der Waals surface area (Å²) >= 11 is 0. The van der Waals surface area contributed by atoms with E-state index in [2.05, 4.69) is 11.4 Å². The van der Waals surface area contributed by atoms with Gasteiger partial charge in [-0.05, 0) is 6.92 Å². The lowest BCUT2D eigenvalue weighted by atomic mass is 9.94. The van der Waals surface area contributed by atoms with E-state index in [0.717, 1.165) is 0 Å². The monoisotopic (exact) mass is 198 g/mol. The molecule has 0 aromatic heterocycles. The van der Waals surface area contributed by atoms with Gasteiger partial charge in [0.1, 0.15) is 0 Å². The minimum Gasteiger partial charge on any atom is -0.388 e. The molecule has 0 spiro atoms. The van der Waals surface area contributed by atoms with Gasteiger partial charge in [-0.2, -0.15) is 5.26 Å². The molecule has 1 heterocycles. The number of hydrogen-bond acceptors (Lipinski definition) is 4. The van der Waals surface area contributed by atoms with Crippen molar-refractivity contribution < 1.29 is 9.84 Å².